The summed E-state index contributed by atoms with van der Waals surface area (Å²) in [5, 5.41) is 23.3. The molecule has 498 valence electrons. The summed E-state index contributed by atoms with van der Waals surface area (Å²) in [5.41, 5.74) is 0. The van der Waals surface area contributed by atoms with E-state index in [0.717, 1.165) is 9.80 Å². The van der Waals surface area contributed by atoms with Crippen LogP contribution in [-0.2, 0) is 57.5 Å². The number of rotatable bonds is 17. The van der Waals surface area contributed by atoms with Crippen LogP contribution in [0, 0.1) is 47.3 Å². The van der Waals surface area contributed by atoms with Crippen molar-refractivity contribution < 1.29 is 62.6 Å². The van der Waals surface area contributed by atoms with E-state index in [2.05, 4.69) is 21.3 Å². The lowest BCUT2D eigenvalue weighted by Gasteiger charge is -2.40. The van der Waals surface area contributed by atoms with Crippen LogP contribution in [-0.4, -0.2) is 215 Å². The molecule has 1 heterocycles. The highest BCUT2D eigenvalue weighted by molar-refractivity contribution is 5.99. The molecule has 10 amide bonds. The van der Waals surface area contributed by atoms with Crippen molar-refractivity contribution in [1.29, 1.82) is 0 Å². The van der Waals surface area contributed by atoms with Crippen LogP contribution >= 0.6 is 0 Å². The summed E-state index contributed by atoms with van der Waals surface area (Å²) in [7, 11) is 8.39. The lowest BCUT2D eigenvalue weighted by molar-refractivity contribution is -0.166. The first-order valence-corrected chi connectivity index (χ1v) is 31.5. The molecule has 0 aromatic rings. The molecule has 0 spiro atoms. The fourth-order valence-electron chi connectivity index (χ4n) is 10.8. The third-order valence-electron chi connectivity index (χ3n) is 16.0. The molecule has 0 saturated carbocycles. The monoisotopic (exact) mass is 1230 g/mol. The van der Waals surface area contributed by atoms with Gasteiger partial charge in [-0.25, -0.2) is 4.79 Å². The van der Waals surface area contributed by atoms with Gasteiger partial charge >= 0.3 is 5.97 Å². The highest BCUT2D eigenvalue weighted by Crippen LogP contribution is 2.25. The Labute approximate surface area is 520 Å². The highest BCUT2D eigenvalue weighted by atomic mass is 16.6. The van der Waals surface area contributed by atoms with Gasteiger partial charge in [-0.15, -0.1) is 0 Å². The van der Waals surface area contributed by atoms with Crippen molar-refractivity contribution in [3.63, 3.8) is 0 Å². The Morgan fingerprint density at radius 3 is 1.28 bits per heavy atom. The van der Waals surface area contributed by atoms with Crippen LogP contribution in [0.1, 0.15) is 170 Å². The molecule has 0 aliphatic carbocycles. The minimum Gasteiger partial charge on any atom is -0.450 e. The second kappa shape index (κ2) is 36.4. The number of allylic oxidation sites excluding steroid dienone is 2. The number of likely N-dealkylation sites (N-methyl/N-ethyl adjacent to an activating group) is 6. The van der Waals surface area contributed by atoms with Crippen molar-refractivity contribution in [3.8, 4) is 0 Å². The lowest BCUT2D eigenvalue weighted by Crippen LogP contribution is -2.63. The van der Waals surface area contributed by atoms with Crippen LogP contribution in [0.5, 0.6) is 0 Å². The van der Waals surface area contributed by atoms with Crippen LogP contribution in [0.2, 0.25) is 0 Å². The predicted octanol–water partition coefficient (Wildman–Crippen LogP) is 4.38. The van der Waals surface area contributed by atoms with Gasteiger partial charge in [0.25, 0.3) is 5.91 Å². The number of ether oxygens (including phenoxy) is 1. The minimum absolute atomic E-state index is 0.0192. The second-order valence-corrected chi connectivity index (χ2v) is 27.0. The highest BCUT2D eigenvalue weighted by Gasteiger charge is 2.45. The summed E-state index contributed by atoms with van der Waals surface area (Å²) < 4.78 is 5.90. The number of nitrogens with one attached hydrogen (secondary N) is 4. The smallest absolute Gasteiger partial charge is 0.329 e. The van der Waals surface area contributed by atoms with Gasteiger partial charge in [0, 0.05) is 42.3 Å². The molecule has 0 radical (unpaired) electrons. The van der Waals surface area contributed by atoms with Gasteiger partial charge < -0.3 is 60.5 Å². The zero-order chi connectivity index (χ0) is 67.4. The maximum absolute atomic E-state index is 15.1. The number of hydrogen-bond donors (Lipinski definition) is 5. The van der Waals surface area contributed by atoms with E-state index in [0.29, 0.717) is 6.42 Å². The number of nitrogens with zero attached hydrogens (tertiary/aromatic N) is 6. The number of aliphatic hydroxyl groups excluding tert-OH is 1. The summed E-state index contributed by atoms with van der Waals surface area (Å²) in [4.78, 5) is 168. The summed E-state index contributed by atoms with van der Waals surface area (Å²) >= 11 is 0. The van der Waals surface area contributed by atoms with Crippen molar-refractivity contribution in [2.75, 3.05) is 48.8 Å². The van der Waals surface area contributed by atoms with Crippen molar-refractivity contribution in [3.05, 3.63) is 12.2 Å². The van der Waals surface area contributed by atoms with Gasteiger partial charge in [-0.1, -0.05) is 123 Å². The third kappa shape index (κ3) is 23.4. The van der Waals surface area contributed by atoms with E-state index in [9.17, 15) is 53.1 Å². The molecular weight excluding hydrogens is 1120 g/mol. The molecule has 0 aromatic carbocycles. The summed E-state index contributed by atoms with van der Waals surface area (Å²) in [6.07, 6.45) is 1.61. The first-order chi connectivity index (χ1) is 40.2. The molecule has 23 nitrogen and oxygen atoms in total. The Kier molecular flexibility index (Phi) is 33.0. The largest absolute Gasteiger partial charge is 0.450 e. The van der Waals surface area contributed by atoms with E-state index < -0.39 is 156 Å². The maximum atomic E-state index is 15.1. The molecule has 1 fully saturated rings. The van der Waals surface area contributed by atoms with E-state index in [-0.39, 0.29) is 68.1 Å². The normalized spacial score (nSPS) is 26.5. The molecule has 0 aromatic heterocycles. The van der Waals surface area contributed by atoms with E-state index in [1.807, 2.05) is 69.2 Å². The van der Waals surface area contributed by atoms with Crippen LogP contribution < -0.4 is 21.3 Å². The SMILES string of the molecule is C/C=C/C[C@@H](C)[C@@H](O)[C@@H]1C(=O)N[C@H](CC)C(=O)N(C)CC(=O)N(C)[C@@H](CC(C)C)C(=O)N[C@H](CC(C)C)C(=O)N(C)[C@H](CC(C)C)C(=O)N[C@H](C)C(=O)O[C@@H](C(C)C)C(=O)N(C)[C@H](CC(C)C)C(=O)N[C@H](CC(C)C)C(=O)N(C)[C@H](C(C)C)C(=O)N1C. The zero-order valence-corrected chi connectivity index (χ0v) is 57.3. The molecule has 1 aliphatic heterocycles. The van der Waals surface area contributed by atoms with E-state index in [1.54, 1.807) is 60.6 Å². The van der Waals surface area contributed by atoms with Crippen LogP contribution in [0.4, 0.5) is 0 Å². The first kappa shape index (κ1) is 78.9. The van der Waals surface area contributed by atoms with Crippen molar-refractivity contribution >= 4 is 65.0 Å². The number of carbonyl (C=O) groups excluding carboxylic acids is 11. The number of aliphatic hydroxyl groups is 1. The molecule has 12 atom stereocenters. The molecule has 0 unspecified atom stereocenters. The van der Waals surface area contributed by atoms with Crippen molar-refractivity contribution in [2.45, 2.75) is 236 Å². The van der Waals surface area contributed by atoms with E-state index in [1.165, 1.54) is 68.8 Å². The molecule has 1 rings (SSSR count). The van der Waals surface area contributed by atoms with Gasteiger partial charge in [-0.2, -0.15) is 0 Å². The van der Waals surface area contributed by atoms with Crippen LogP contribution in [0.15, 0.2) is 12.2 Å². The molecule has 87 heavy (non-hydrogen) atoms. The molecule has 1 aliphatic rings. The summed E-state index contributed by atoms with van der Waals surface area (Å²) in [6, 6.07) is -11.4. The summed E-state index contributed by atoms with van der Waals surface area (Å²) in [5.74, 6) is -10.6. The Morgan fingerprint density at radius 1 is 0.483 bits per heavy atom. The summed E-state index contributed by atoms with van der Waals surface area (Å²) in [6.45, 7) is 31.3. The number of hydrogen-bond acceptors (Lipinski definition) is 13. The fourth-order valence-corrected chi connectivity index (χ4v) is 10.8. The molecule has 23 heteroatoms. The molecule has 1 saturated heterocycles. The third-order valence-corrected chi connectivity index (χ3v) is 16.0. The van der Waals surface area contributed by atoms with Crippen molar-refractivity contribution in [2.24, 2.45) is 47.3 Å². The van der Waals surface area contributed by atoms with Gasteiger partial charge in [0.15, 0.2) is 6.10 Å². The van der Waals surface area contributed by atoms with Gasteiger partial charge in [-0.3, -0.25) is 47.9 Å². The lowest BCUT2D eigenvalue weighted by atomic mass is 9.91. The number of carbonyl (C=O) groups is 11. The molecule has 0 bridgehead atoms. The Balaban J connectivity index is 4.37. The van der Waals surface area contributed by atoms with Gasteiger partial charge in [-0.05, 0) is 106 Å². The van der Waals surface area contributed by atoms with Crippen LogP contribution in [0.25, 0.3) is 0 Å². The average Bonchev–Trinajstić information content (AvgIpc) is 3.59. The van der Waals surface area contributed by atoms with E-state index in [4.69, 9.17) is 4.74 Å². The topological polar surface area (TPSA) is 285 Å². The molecule has 5 N–H and O–H groups in total. The Hall–Kier alpha value is -6.13. The Morgan fingerprint density at radius 2 is 0.874 bits per heavy atom. The number of esters is 1. The number of cyclic esters (lactones) is 1. The maximum Gasteiger partial charge on any atom is 0.329 e. The predicted molar refractivity (Wildman–Crippen MR) is 336 cm³/mol. The fraction of sp³-hybridized carbons (Fsp3) is 0.797. The number of amides is 10. The average molecular weight is 1230 g/mol. The molecular formula is C64H114N10O13. The van der Waals surface area contributed by atoms with Gasteiger partial charge in [0.05, 0.1) is 12.6 Å². The zero-order valence-electron chi connectivity index (χ0n) is 57.3. The minimum atomic E-state index is -1.62. The standard InChI is InChI=1S/C64H114N10O13/c1-25-27-28-42(17)53(76)52-58(80)66-44(26-2)59(81)69(19)34-50(75)70(20)47(31-37(7)8)56(78)67-45(29-35(3)4)60(82)71(21)48(32-38(9)10)55(77)65-43(18)64(86)87-54(41(15)16)63(85)72(22)49(33-39(11)12)57(79)68-46(30-36(5)6)61(83)73(23)51(40(13)14)62(84)74(52)24/h25,27,35-49,51-54,76H,26,28-34H2,1-24H3,(H,65,77)(H,66,80)(H,67,78)(H,68,79)/b27-25+/t42-,43-,44-,45-,46-,47+,48-,49-,51-,52-,53-,54+/m1/s1. The Bertz CT molecular complexity index is 2360. The van der Waals surface area contributed by atoms with Crippen molar-refractivity contribution in [1.82, 2.24) is 50.7 Å². The van der Waals surface area contributed by atoms with Gasteiger partial charge in [0.2, 0.25) is 53.2 Å². The van der Waals surface area contributed by atoms with Gasteiger partial charge in [0.1, 0.15) is 54.4 Å². The quantitative estimate of drug-likeness (QED) is 0.100. The van der Waals surface area contributed by atoms with Crippen LogP contribution in [0.3, 0.4) is 0 Å². The van der Waals surface area contributed by atoms with E-state index >= 15 is 4.79 Å². The second-order valence-electron chi connectivity index (χ2n) is 27.0. The first-order valence-electron chi connectivity index (χ1n) is 31.5.